The number of aliphatic hydroxyl groups excluding tert-OH is 2. The van der Waals surface area contributed by atoms with E-state index in [9.17, 15) is 14.7 Å². The van der Waals surface area contributed by atoms with E-state index in [0.717, 1.165) is 0 Å². The van der Waals surface area contributed by atoms with Crippen molar-refractivity contribution in [2.45, 2.75) is 23.1 Å². The Hall–Kier alpha value is -1.05. The van der Waals surface area contributed by atoms with Gasteiger partial charge in [0, 0.05) is 18.7 Å². The van der Waals surface area contributed by atoms with Crippen molar-refractivity contribution in [1.82, 2.24) is 9.55 Å². The Labute approximate surface area is 94.9 Å². The molecule has 1 saturated heterocycles. The molecule has 1 aliphatic heterocycles. The minimum Gasteiger partial charge on any atom is -0.395 e. The third kappa shape index (κ3) is 2.06. The van der Waals surface area contributed by atoms with E-state index in [2.05, 4.69) is 4.98 Å². The van der Waals surface area contributed by atoms with Crippen LogP contribution in [0.1, 0.15) is 11.8 Å². The van der Waals surface area contributed by atoms with E-state index in [1.807, 2.05) is 0 Å². The molecule has 1 aromatic heterocycles. The number of nitrogens with one attached hydrogen (secondary N) is 1. The molecule has 1 fully saturated rings. The van der Waals surface area contributed by atoms with Crippen molar-refractivity contribution in [2.75, 3.05) is 6.61 Å². The number of hydrogen-bond acceptors (Lipinski definition) is 5. The Kier molecular flexibility index (Phi) is 3.17. The van der Waals surface area contributed by atoms with Crippen LogP contribution in [0.4, 0.5) is 0 Å². The molecule has 3 atom stereocenters. The Morgan fingerprint density at radius 1 is 1.56 bits per heavy atom. The Morgan fingerprint density at radius 3 is 2.88 bits per heavy atom. The molecule has 0 saturated carbocycles. The zero-order valence-electron chi connectivity index (χ0n) is 8.37. The van der Waals surface area contributed by atoms with Crippen molar-refractivity contribution in [3.63, 3.8) is 0 Å². The van der Waals surface area contributed by atoms with Crippen LogP contribution in [0.2, 0.25) is 0 Å². The summed E-state index contributed by atoms with van der Waals surface area (Å²) in [7, 11) is 0. The van der Waals surface area contributed by atoms with Gasteiger partial charge in [-0.15, -0.1) is 11.8 Å². The third-order valence-corrected chi connectivity index (χ3v) is 4.09. The number of aliphatic hydroxyl groups is 2. The van der Waals surface area contributed by atoms with E-state index < -0.39 is 17.4 Å². The fourth-order valence-corrected chi connectivity index (χ4v) is 3.09. The van der Waals surface area contributed by atoms with Gasteiger partial charge in [-0.2, -0.15) is 0 Å². The second kappa shape index (κ2) is 4.44. The fourth-order valence-electron chi connectivity index (χ4n) is 1.70. The lowest BCUT2D eigenvalue weighted by Crippen LogP contribution is -2.30. The largest absolute Gasteiger partial charge is 0.395 e. The Balaban J connectivity index is 2.27. The van der Waals surface area contributed by atoms with Gasteiger partial charge in [-0.1, -0.05) is 0 Å². The van der Waals surface area contributed by atoms with Crippen LogP contribution in [0.25, 0.3) is 0 Å². The summed E-state index contributed by atoms with van der Waals surface area (Å²) in [6, 6.07) is 1.26. The van der Waals surface area contributed by atoms with Gasteiger partial charge in [-0.3, -0.25) is 14.3 Å². The van der Waals surface area contributed by atoms with Crippen LogP contribution >= 0.6 is 11.8 Å². The predicted molar refractivity (Wildman–Crippen MR) is 59.4 cm³/mol. The lowest BCUT2D eigenvalue weighted by Gasteiger charge is -2.11. The first kappa shape index (κ1) is 11.4. The molecule has 88 valence electrons. The molecule has 2 heterocycles. The van der Waals surface area contributed by atoms with E-state index >= 15 is 0 Å². The average Bonchev–Trinajstić information content (AvgIpc) is 2.59. The van der Waals surface area contributed by atoms with Crippen LogP contribution in [-0.4, -0.2) is 37.7 Å². The maximum atomic E-state index is 11.5. The second-order valence-corrected chi connectivity index (χ2v) is 5.05. The minimum atomic E-state index is -0.626. The van der Waals surface area contributed by atoms with Gasteiger partial charge in [-0.05, 0) is 0 Å². The highest BCUT2D eigenvalue weighted by Gasteiger charge is 2.34. The first-order valence-corrected chi connectivity index (χ1v) is 5.82. The lowest BCUT2D eigenvalue weighted by molar-refractivity contribution is 0.137. The number of aromatic nitrogens is 2. The molecule has 1 aromatic rings. The zero-order valence-corrected chi connectivity index (χ0v) is 9.18. The van der Waals surface area contributed by atoms with Gasteiger partial charge in [0.25, 0.3) is 5.56 Å². The molecule has 0 bridgehead atoms. The van der Waals surface area contributed by atoms with E-state index in [0.29, 0.717) is 6.42 Å². The molecule has 0 radical (unpaired) electrons. The molecule has 0 aliphatic carbocycles. The molecule has 1 aliphatic rings. The van der Waals surface area contributed by atoms with Gasteiger partial charge in [-0.25, -0.2) is 4.79 Å². The summed E-state index contributed by atoms with van der Waals surface area (Å²) in [6.07, 6.45) is 1.17. The SMILES string of the molecule is O=c1ccn([C@@H]2C[C@@H](O)[C@H](CO)S2)c(=O)[nH]1. The van der Waals surface area contributed by atoms with Crippen LogP contribution in [0, 0.1) is 0 Å². The summed E-state index contributed by atoms with van der Waals surface area (Å²) < 4.78 is 1.37. The monoisotopic (exact) mass is 244 g/mol. The summed E-state index contributed by atoms with van der Waals surface area (Å²) >= 11 is 1.33. The third-order valence-electron chi connectivity index (χ3n) is 2.55. The number of aromatic amines is 1. The molecular formula is C9H12N2O4S. The number of rotatable bonds is 2. The first-order chi connectivity index (χ1) is 7.61. The highest BCUT2D eigenvalue weighted by molar-refractivity contribution is 8.00. The van der Waals surface area contributed by atoms with Crippen LogP contribution < -0.4 is 11.2 Å². The standard InChI is InChI=1S/C9H12N2O4S/c12-4-6-5(13)3-8(16-6)11-2-1-7(14)10-9(11)15/h1-2,5-6,8,12-13H,3-4H2,(H,10,14,15)/t5-,6+,8+/m1/s1. The van der Waals surface area contributed by atoms with Crippen LogP contribution in [0.15, 0.2) is 21.9 Å². The number of thioether (sulfide) groups is 1. The van der Waals surface area contributed by atoms with Crippen molar-refractivity contribution < 1.29 is 10.2 Å². The lowest BCUT2D eigenvalue weighted by atomic mass is 10.2. The maximum absolute atomic E-state index is 11.5. The van der Waals surface area contributed by atoms with Gasteiger partial charge in [0.15, 0.2) is 0 Å². The van der Waals surface area contributed by atoms with E-state index in [1.165, 1.54) is 28.6 Å². The first-order valence-electron chi connectivity index (χ1n) is 4.87. The normalized spacial score (nSPS) is 29.5. The summed E-state index contributed by atoms with van der Waals surface area (Å²) in [5, 5.41) is 18.1. The minimum absolute atomic E-state index is 0.125. The van der Waals surface area contributed by atoms with E-state index in [1.54, 1.807) is 0 Å². The van der Waals surface area contributed by atoms with Crippen molar-refractivity contribution >= 4 is 11.8 Å². The van der Waals surface area contributed by atoms with Crippen molar-refractivity contribution in [1.29, 1.82) is 0 Å². The second-order valence-electron chi connectivity index (χ2n) is 3.63. The van der Waals surface area contributed by atoms with Gasteiger partial charge in [0.2, 0.25) is 0 Å². The summed E-state index contributed by atoms with van der Waals surface area (Å²) in [5.41, 5.74) is -0.931. The van der Waals surface area contributed by atoms with Crippen LogP contribution in [-0.2, 0) is 0 Å². The zero-order chi connectivity index (χ0) is 11.7. The fraction of sp³-hybridized carbons (Fsp3) is 0.556. The Morgan fingerprint density at radius 2 is 2.31 bits per heavy atom. The average molecular weight is 244 g/mol. The van der Waals surface area contributed by atoms with Crippen LogP contribution in [0.5, 0.6) is 0 Å². The van der Waals surface area contributed by atoms with E-state index in [-0.39, 0.29) is 17.2 Å². The maximum Gasteiger partial charge on any atom is 0.329 e. The van der Waals surface area contributed by atoms with Crippen molar-refractivity contribution in [3.05, 3.63) is 33.1 Å². The highest BCUT2D eigenvalue weighted by Crippen LogP contribution is 2.40. The molecule has 6 nitrogen and oxygen atoms in total. The summed E-state index contributed by atoms with van der Waals surface area (Å²) in [5.74, 6) is 0. The van der Waals surface area contributed by atoms with E-state index in [4.69, 9.17) is 5.11 Å². The van der Waals surface area contributed by atoms with Crippen molar-refractivity contribution in [2.24, 2.45) is 0 Å². The van der Waals surface area contributed by atoms with Gasteiger partial charge < -0.3 is 10.2 Å². The Bertz CT molecular complexity index is 483. The topological polar surface area (TPSA) is 95.3 Å². The number of hydrogen-bond donors (Lipinski definition) is 3. The molecule has 2 rings (SSSR count). The molecule has 0 spiro atoms. The van der Waals surface area contributed by atoms with Gasteiger partial charge >= 0.3 is 5.69 Å². The molecule has 0 aromatic carbocycles. The van der Waals surface area contributed by atoms with Gasteiger partial charge in [0.05, 0.1) is 23.3 Å². The predicted octanol–water partition coefficient (Wildman–Crippen LogP) is -1.11. The quantitative estimate of drug-likeness (QED) is 0.613. The molecular weight excluding hydrogens is 232 g/mol. The number of H-pyrrole nitrogens is 1. The highest BCUT2D eigenvalue weighted by atomic mass is 32.2. The molecule has 7 heteroatoms. The summed E-state index contributed by atoms with van der Waals surface area (Å²) in [6.45, 7) is -0.125. The molecule has 0 unspecified atom stereocenters. The van der Waals surface area contributed by atoms with Crippen molar-refractivity contribution in [3.8, 4) is 0 Å². The van der Waals surface area contributed by atoms with Crippen LogP contribution in [0.3, 0.4) is 0 Å². The molecule has 3 N–H and O–H groups in total. The molecule has 16 heavy (non-hydrogen) atoms. The smallest absolute Gasteiger partial charge is 0.329 e. The molecule has 0 amide bonds. The summed E-state index contributed by atoms with van der Waals surface area (Å²) in [4.78, 5) is 24.5. The number of nitrogens with zero attached hydrogens (tertiary/aromatic N) is 1. The van der Waals surface area contributed by atoms with Gasteiger partial charge in [0.1, 0.15) is 0 Å².